The SMILES string of the molecule is COC1CNC(CNCCCC2CC2)C1. The average Bonchev–Trinajstić information content (AvgIpc) is 2.96. The molecule has 15 heavy (non-hydrogen) atoms. The molecule has 0 spiro atoms. The predicted octanol–water partition coefficient (Wildman–Crippen LogP) is 1.14. The number of rotatable bonds is 7. The fourth-order valence-electron chi connectivity index (χ4n) is 2.32. The van der Waals surface area contributed by atoms with E-state index in [9.17, 15) is 0 Å². The van der Waals surface area contributed by atoms with Crippen LogP contribution in [0.2, 0.25) is 0 Å². The summed E-state index contributed by atoms with van der Waals surface area (Å²) in [5, 5.41) is 7.02. The van der Waals surface area contributed by atoms with E-state index < -0.39 is 0 Å². The summed E-state index contributed by atoms with van der Waals surface area (Å²) >= 11 is 0. The summed E-state index contributed by atoms with van der Waals surface area (Å²) in [7, 11) is 1.80. The minimum absolute atomic E-state index is 0.434. The van der Waals surface area contributed by atoms with E-state index in [0.717, 1.165) is 25.4 Å². The lowest BCUT2D eigenvalue weighted by molar-refractivity contribution is 0.117. The Morgan fingerprint density at radius 2 is 2.27 bits per heavy atom. The molecule has 1 aliphatic carbocycles. The van der Waals surface area contributed by atoms with Crippen molar-refractivity contribution in [1.82, 2.24) is 10.6 Å². The Morgan fingerprint density at radius 1 is 1.40 bits per heavy atom. The van der Waals surface area contributed by atoms with E-state index in [0.29, 0.717) is 12.1 Å². The lowest BCUT2D eigenvalue weighted by atomic mass is 10.2. The largest absolute Gasteiger partial charge is 0.380 e. The van der Waals surface area contributed by atoms with Gasteiger partial charge in [-0.2, -0.15) is 0 Å². The summed E-state index contributed by atoms with van der Waals surface area (Å²) in [5.41, 5.74) is 0. The first-order chi connectivity index (χ1) is 7.38. The zero-order chi connectivity index (χ0) is 10.5. The van der Waals surface area contributed by atoms with Gasteiger partial charge in [0.15, 0.2) is 0 Å². The highest BCUT2D eigenvalue weighted by atomic mass is 16.5. The Hall–Kier alpha value is -0.120. The van der Waals surface area contributed by atoms with Gasteiger partial charge >= 0.3 is 0 Å². The number of nitrogens with one attached hydrogen (secondary N) is 2. The van der Waals surface area contributed by atoms with E-state index >= 15 is 0 Å². The minimum Gasteiger partial charge on any atom is -0.380 e. The van der Waals surface area contributed by atoms with Crippen molar-refractivity contribution in [2.75, 3.05) is 26.7 Å². The number of hydrogen-bond donors (Lipinski definition) is 2. The topological polar surface area (TPSA) is 33.3 Å². The Labute approximate surface area is 93.0 Å². The second-order valence-corrected chi connectivity index (χ2v) is 4.99. The van der Waals surface area contributed by atoms with Crippen molar-refractivity contribution in [3.8, 4) is 0 Å². The number of methoxy groups -OCH3 is 1. The molecule has 1 saturated heterocycles. The van der Waals surface area contributed by atoms with Gasteiger partial charge in [-0.05, 0) is 31.7 Å². The molecular weight excluding hydrogens is 188 g/mol. The third-order valence-corrected chi connectivity index (χ3v) is 3.57. The van der Waals surface area contributed by atoms with E-state index in [1.807, 2.05) is 0 Å². The minimum atomic E-state index is 0.434. The summed E-state index contributed by atoms with van der Waals surface area (Å²) in [6.45, 7) is 3.31. The first kappa shape index (κ1) is 11.4. The van der Waals surface area contributed by atoms with Crippen molar-refractivity contribution in [3.05, 3.63) is 0 Å². The molecule has 2 atom stereocenters. The molecule has 0 radical (unpaired) electrons. The van der Waals surface area contributed by atoms with E-state index in [1.165, 1.54) is 32.2 Å². The van der Waals surface area contributed by atoms with Crippen LogP contribution in [0.25, 0.3) is 0 Å². The van der Waals surface area contributed by atoms with Crippen LogP contribution in [0.1, 0.15) is 32.1 Å². The monoisotopic (exact) mass is 212 g/mol. The smallest absolute Gasteiger partial charge is 0.0711 e. The maximum Gasteiger partial charge on any atom is 0.0711 e. The lowest BCUT2D eigenvalue weighted by Gasteiger charge is -2.11. The van der Waals surface area contributed by atoms with Crippen molar-refractivity contribution in [2.45, 2.75) is 44.2 Å². The summed E-state index contributed by atoms with van der Waals surface area (Å²) in [6, 6.07) is 0.621. The van der Waals surface area contributed by atoms with Gasteiger partial charge < -0.3 is 15.4 Å². The Morgan fingerprint density at radius 3 is 2.93 bits per heavy atom. The Bertz CT molecular complexity index is 182. The van der Waals surface area contributed by atoms with E-state index in [-0.39, 0.29) is 0 Å². The first-order valence-electron chi connectivity index (χ1n) is 6.35. The maximum absolute atomic E-state index is 5.32. The van der Waals surface area contributed by atoms with Crippen LogP contribution in [0.5, 0.6) is 0 Å². The highest BCUT2D eigenvalue weighted by Crippen LogP contribution is 2.33. The van der Waals surface area contributed by atoms with Crippen LogP contribution in [0.3, 0.4) is 0 Å². The predicted molar refractivity (Wildman–Crippen MR) is 62.0 cm³/mol. The van der Waals surface area contributed by atoms with Crippen molar-refractivity contribution >= 4 is 0 Å². The molecule has 3 nitrogen and oxygen atoms in total. The van der Waals surface area contributed by atoms with Crippen LogP contribution < -0.4 is 10.6 Å². The molecule has 88 valence electrons. The van der Waals surface area contributed by atoms with Crippen LogP contribution in [0, 0.1) is 5.92 Å². The molecule has 1 saturated carbocycles. The average molecular weight is 212 g/mol. The molecule has 0 aromatic rings. The molecule has 0 aromatic heterocycles. The fraction of sp³-hybridized carbons (Fsp3) is 1.00. The lowest BCUT2D eigenvalue weighted by Crippen LogP contribution is -2.34. The van der Waals surface area contributed by atoms with Gasteiger partial charge in [-0.25, -0.2) is 0 Å². The van der Waals surface area contributed by atoms with E-state index in [1.54, 1.807) is 7.11 Å². The second-order valence-electron chi connectivity index (χ2n) is 4.99. The molecule has 1 heterocycles. The molecule has 2 fully saturated rings. The van der Waals surface area contributed by atoms with Gasteiger partial charge in [0.2, 0.25) is 0 Å². The molecule has 0 bridgehead atoms. The van der Waals surface area contributed by atoms with Crippen LogP contribution in [-0.2, 0) is 4.74 Å². The number of ether oxygens (including phenoxy) is 1. The van der Waals surface area contributed by atoms with Gasteiger partial charge in [-0.15, -0.1) is 0 Å². The highest BCUT2D eigenvalue weighted by molar-refractivity contribution is 4.83. The molecular formula is C12H24N2O. The summed E-state index contributed by atoms with van der Waals surface area (Å²) in [6.07, 6.45) is 7.35. The van der Waals surface area contributed by atoms with E-state index in [2.05, 4.69) is 10.6 Å². The molecule has 2 unspecified atom stereocenters. The molecule has 1 aliphatic heterocycles. The van der Waals surface area contributed by atoms with Gasteiger partial charge in [-0.1, -0.05) is 12.8 Å². The normalized spacial score (nSPS) is 31.0. The molecule has 2 N–H and O–H groups in total. The third-order valence-electron chi connectivity index (χ3n) is 3.57. The van der Waals surface area contributed by atoms with Crippen LogP contribution in [-0.4, -0.2) is 38.9 Å². The molecule has 0 aromatic carbocycles. The zero-order valence-electron chi connectivity index (χ0n) is 9.80. The van der Waals surface area contributed by atoms with Gasteiger partial charge in [0.1, 0.15) is 0 Å². The second kappa shape index (κ2) is 5.83. The van der Waals surface area contributed by atoms with Gasteiger partial charge in [0.05, 0.1) is 6.10 Å². The maximum atomic E-state index is 5.32. The van der Waals surface area contributed by atoms with Crippen molar-refractivity contribution < 1.29 is 4.74 Å². The van der Waals surface area contributed by atoms with Crippen molar-refractivity contribution in [2.24, 2.45) is 5.92 Å². The van der Waals surface area contributed by atoms with Crippen molar-refractivity contribution in [3.63, 3.8) is 0 Å². The third kappa shape index (κ3) is 4.09. The van der Waals surface area contributed by atoms with E-state index in [4.69, 9.17) is 4.74 Å². The van der Waals surface area contributed by atoms with Gasteiger partial charge in [0, 0.05) is 26.2 Å². The molecule has 0 amide bonds. The molecule has 2 rings (SSSR count). The van der Waals surface area contributed by atoms with Crippen molar-refractivity contribution in [1.29, 1.82) is 0 Å². The van der Waals surface area contributed by atoms with Gasteiger partial charge in [-0.3, -0.25) is 0 Å². The Kier molecular flexibility index (Phi) is 4.42. The quantitative estimate of drug-likeness (QED) is 0.621. The standard InChI is InChI=1S/C12H24N2O/c1-15-12-7-11(14-9-12)8-13-6-2-3-10-4-5-10/h10-14H,2-9H2,1H3. The molecule has 2 aliphatic rings. The summed E-state index contributed by atoms with van der Waals surface area (Å²) < 4.78 is 5.32. The first-order valence-corrected chi connectivity index (χ1v) is 6.35. The van der Waals surface area contributed by atoms with Crippen LogP contribution in [0.4, 0.5) is 0 Å². The summed E-state index contributed by atoms with van der Waals surface area (Å²) in [4.78, 5) is 0. The highest BCUT2D eigenvalue weighted by Gasteiger charge is 2.23. The number of hydrogen-bond acceptors (Lipinski definition) is 3. The van der Waals surface area contributed by atoms with Crippen LogP contribution in [0.15, 0.2) is 0 Å². The van der Waals surface area contributed by atoms with Crippen LogP contribution >= 0.6 is 0 Å². The Balaban J connectivity index is 1.43. The fourth-order valence-corrected chi connectivity index (χ4v) is 2.32. The van der Waals surface area contributed by atoms with Gasteiger partial charge in [0.25, 0.3) is 0 Å². The molecule has 3 heteroatoms. The summed E-state index contributed by atoms with van der Waals surface area (Å²) in [5.74, 6) is 1.08. The zero-order valence-corrected chi connectivity index (χ0v) is 9.80.